The summed E-state index contributed by atoms with van der Waals surface area (Å²) in [6.07, 6.45) is 0.297. The largest absolute Gasteiger partial charge is 0.444 e. The molecular weight excluding hydrogens is 452 g/mol. The number of nitrogens with one attached hydrogen (secondary N) is 3. The zero-order valence-corrected chi connectivity index (χ0v) is 20.9. The fourth-order valence-corrected chi connectivity index (χ4v) is 4.20. The van der Waals surface area contributed by atoms with Gasteiger partial charge in [-0.15, -0.1) is 0 Å². The maximum atomic E-state index is 12.8. The molecule has 2 aliphatic rings. The maximum absolute atomic E-state index is 12.8. The van der Waals surface area contributed by atoms with Crippen molar-refractivity contribution in [1.29, 1.82) is 0 Å². The van der Waals surface area contributed by atoms with E-state index in [0.717, 1.165) is 11.1 Å². The first-order valence-electron chi connectivity index (χ1n) is 11.9. The van der Waals surface area contributed by atoms with Gasteiger partial charge in [0.1, 0.15) is 17.7 Å². The molecule has 1 aromatic rings. The topological polar surface area (TPSA) is 134 Å². The van der Waals surface area contributed by atoms with Gasteiger partial charge in [0, 0.05) is 25.1 Å². The fraction of sp³-hybridized carbons (Fsp3) is 0.560. The Morgan fingerprint density at radius 2 is 1.91 bits per heavy atom. The van der Waals surface area contributed by atoms with Crippen molar-refractivity contribution in [2.75, 3.05) is 0 Å². The second kappa shape index (κ2) is 10.5. The van der Waals surface area contributed by atoms with Crippen LogP contribution in [0.3, 0.4) is 0 Å². The van der Waals surface area contributed by atoms with Crippen LogP contribution in [-0.2, 0) is 32.2 Å². The third-order valence-corrected chi connectivity index (χ3v) is 5.77. The minimum Gasteiger partial charge on any atom is -0.444 e. The molecule has 1 fully saturated rings. The van der Waals surface area contributed by atoms with Gasteiger partial charge in [-0.2, -0.15) is 0 Å². The fourth-order valence-electron chi connectivity index (χ4n) is 4.20. The van der Waals surface area contributed by atoms with Crippen LogP contribution < -0.4 is 16.0 Å². The number of carbonyl (C=O) groups excluding carboxylic acids is 5. The number of imide groups is 1. The van der Waals surface area contributed by atoms with Gasteiger partial charge in [-0.25, -0.2) is 4.79 Å². The summed E-state index contributed by atoms with van der Waals surface area (Å²) < 4.78 is 5.28. The van der Waals surface area contributed by atoms with Crippen LogP contribution in [0.15, 0.2) is 18.2 Å². The summed E-state index contributed by atoms with van der Waals surface area (Å²) in [5.74, 6) is -1.19. The van der Waals surface area contributed by atoms with Gasteiger partial charge in [0.25, 0.3) is 5.91 Å². The Morgan fingerprint density at radius 3 is 2.54 bits per heavy atom. The molecule has 0 spiro atoms. The van der Waals surface area contributed by atoms with Crippen molar-refractivity contribution in [1.82, 2.24) is 20.9 Å². The van der Waals surface area contributed by atoms with Crippen LogP contribution >= 0.6 is 0 Å². The summed E-state index contributed by atoms with van der Waals surface area (Å²) in [4.78, 5) is 63.0. The molecular formula is C25H34N4O6. The summed E-state index contributed by atoms with van der Waals surface area (Å²) in [5.41, 5.74) is 1.38. The lowest BCUT2D eigenvalue weighted by Crippen LogP contribution is -2.52. The van der Waals surface area contributed by atoms with E-state index in [1.165, 1.54) is 4.90 Å². The number of fused-ring (bicyclic) bond motifs is 1. The lowest BCUT2D eigenvalue weighted by molar-refractivity contribution is -0.137. The van der Waals surface area contributed by atoms with Gasteiger partial charge in [-0.05, 0) is 56.7 Å². The van der Waals surface area contributed by atoms with Gasteiger partial charge in [0.15, 0.2) is 0 Å². The van der Waals surface area contributed by atoms with Crippen LogP contribution in [0.25, 0.3) is 0 Å². The predicted molar refractivity (Wildman–Crippen MR) is 127 cm³/mol. The van der Waals surface area contributed by atoms with Crippen LogP contribution in [0.5, 0.6) is 0 Å². The first-order valence-corrected chi connectivity index (χ1v) is 11.9. The van der Waals surface area contributed by atoms with Crippen molar-refractivity contribution in [2.24, 2.45) is 5.92 Å². The zero-order chi connectivity index (χ0) is 25.9. The standard InChI is InChI=1S/C25H34N4O6/c1-14(2)10-18(27-24(34)35-25(3,4)5)21(31)26-12-15-6-7-17-16(11-15)13-29(23(17)33)19-8-9-20(30)28-22(19)32/h6-7,11,14,18-19H,8-10,12-13H2,1-5H3,(H,26,31)(H,27,34)(H,28,30,32)/t18-,19?/m0/s1. The van der Waals surface area contributed by atoms with Crippen molar-refractivity contribution in [3.05, 3.63) is 34.9 Å². The number of hydrogen-bond acceptors (Lipinski definition) is 6. The van der Waals surface area contributed by atoms with Crippen molar-refractivity contribution in [2.45, 2.75) is 84.7 Å². The van der Waals surface area contributed by atoms with Crippen molar-refractivity contribution in [3.8, 4) is 0 Å². The van der Waals surface area contributed by atoms with E-state index in [2.05, 4.69) is 16.0 Å². The summed E-state index contributed by atoms with van der Waals surface area (Å²) >= 11 is 0. The minimum atomic E-state index is -0.746. The van der Waals surface area contributed by atoms with Gasteiger partial charge in [-0.3, -0.25) is 24.5 Å². The summed E-state index contributed by atoms with van der Waals surface area (Å²) in [5, 5.41) is 7.79. The molecule has 0 aliphatic carbocycles. The molecule has 5 amide bonds. The van der Waals surface area contributed by atoms with Crippen LogP contribution in [-0.4, -0.2) is 52.3 Å². The highest BCUT2D eigenvalue weighted by molar-refractivity contribution is 6.05. The number of alkyl carbamates (subject to hydrolysis) is 1. The Morgan fingerprint density at radius 1 is 1.20 bits per heavy atom. The molecule has 10 heteroatoms. The van der Waals surface area contributed by atoms with Crippen LogP contribution in [0.2, 0.25) is 0 Å². The SMILES string of the molecule is CC(C)C[C@H](NC(=O)OC(C)(C)C)C(=O)NCc1ccc2c(c1)CN(C1CCC(=O)NC1=O)C2=O. The molecule has 3 rings (SSSR count). The highest BCUT2D eigenvalue weighted by Crippen LogP contribution is 2.28. The van der Waals surface area contributed by atoms with Gasteiger partial charge in [0.2, 0.25) is 17.7 Å². The minimum absolute atomic E-state index is 0.171. The third kappa shape index (κ3) is 6.80. The van der Waals surface area contributed by atoms with Crippen molar-refractivity contribution < 1.29 is 28.7 Å². The molecule has 0 saturated carbocycles. The quantitative estimate of drug-likeness (QED) is 0.505. The Bertz CT molecular complexity index is 1030. The molecule has 2 heterocycles. The van der Waals surface area contributed by atoms with E-state index in [1.54, 1.807) is 32.9 Å². The van der Waals surface area contributed by atoms with Gasteiger partial charge in [0.05, 0.1) is 0 Å². The molecule has 190 valence electrons. The second-order valence-corrected chi connectivity index (χ2v) is 10.4. The zero-order valence-electron chi connectivity index (χ0n) is 20.9. The molecule has 0 aromatic heterocycles. The molecule has 0 radical (unpaired) electrons. The molecule has 0 bridgehead atoms. The lowest BCUT2D eigenvalue weighted by Gasteiger charge is -2.29. The average molecular weight is 487 g/mol. The normalized spacial score (nSPS) is 18.7. The van der Waals surface area contributed by atoms with Gasteiger partial charge in [-0.1, -0.05) is 26.0 Å². The maximum Gasteiger partial charge on any atom is 0.408 e. The van der Waals surface area contributed by atoms with E-state index in [4.69, 9.17) is 4.74 Å². The summed E-state index contributed by atoms with van der Waals surface area (Å²) in [6, 6.07) is 3.85. The number of nitrogens with zero attached hydrogens (tertiary/aromatic N) is 1. The number of ether oxygens (including phenoxy) is 1. The molecule has 1 aromatic carbocycles. The first-order chi connectivity index (χ1) is 16.3. The Hall–Kier alpha value is -3.43. The molecule has 3 N–H and O–H groups in total. The Labute approximate surface area is 205 Å². The van der Waals surface area contributed by atoms with Crippen LogP contribution in [0.4, 0.5) is 4.79 Å². The number of carbonyl (C=O) groups is 5. The molecule has 35 heavy (non-hydrogen) atoms. The molecule has 1 unspecified atom stereocenters. The monoisotopic (exact) mass is 486 g/mol. The van der Waals surface area contributed by atoms with Crippen molar-refractivity contribution in [3.63, 3.8) is 0 Å². The van der Waals surface area contributed by atoms with E-state index < -0.39 is 29.7 Å². The molecule has 1 saturated heterocycles. The smallest absolute Gasteiger partial charge is 0.408 e. The van der Waals surface area contributed by atoms with E-state index in [1.807, 2.05) is 19.9 Å². The number of amides is 5. The molecule has 2 aliphatic heterocycles. The number of hydrogen-bond donors (Lipinski definition) is 3. The van der Waals surface area contributed by atoms with E-state index in [9.17, 15) is 24.0 Å². The van der Waals surface area contributed by atoms with Gasteiger partial charge < -0.3 is 20.3 Å². The summed E-state index contributed by atoms with van der Waals surface area (Å²) in [6.45, 7) is 9.66. The second-order valence-electron chi connectivity index (χ2n) is 10.4. The number of rotatable bonds is 7. The van der Waals surface area contributed by atoms with E-state index >= 15 is 0 Å². The molecule has 2 atom stereocenters. The lowest BCUT2D eigenvalue weighted by atomic mass is 10.0. The van der Waals surface area contributed by atoms with Crippen LogP contribution in [0, 0.1) is 5.92 Å². The number of benzene rings is 1. The Kier molecular flexibility index (Phi) is 7.82. The predicted octanol–water partition coefficient (Wildman–Crippen LogP) is 2.00. The number of piperidine rings is 1. The first kappa shape index (κ1) is 26.2. The summed E-state index contributed by atoms with van der Waals surface area (Å²) in [7, 11) is 0. The average Bonchev–Trinajstić information content (AvgIpc) is 3.05. The molecule has 10 nitrogen and oxygen atoms in total. The van der Waals surface area contributed by atoms with Gasteiger partial charge >= 0.3 is 6.09 Å². The van der Waals surface area contributed by atoms with Crippen molar-refractivity contribution >= 4 is 29.7 Å². The third-order valence-electron chi connectivity index (χ3n) is 5.77. The van der Waals surface area contributed by atoms with E-state index in [-0.39, 0.29) is 43.1 Å². The Balaban J connectivity index is 1.63. The van der Waals surface area contributed by atoms with E-state index in [0.29, 0.717) is 18.4 Å². The van der Waals surface area contributed by atoms with Crippen LogP contribution in [0.1, 0.15) is 75.4 Å². The highest BCUT2D eigenvalue weighted by Gasteiger charge is 2.39. The highest BCUT2D eigenvalue weighted by atomic mass is 16.6.